The highest BCUT2D eigenvalue weighted by Gasteiger charge is 2.37. The number of hydrogen-bond donors (Lipinski definition) is 1. The average Bonchev–Trinajstić information content (AvgIpc) is 3.31. The molecule has 0 aliphatic heterocycles. The first kappa shape index (κ1) is 21.4. The maximum absolute atomic E-state index is 12.7. The van der Waals surface area contributed by atoms with Crippen LogP contribution in [0.5, 0.6) is 0 Å². The number of rotatable bonds is 5. The summed E-state index contributed by atoms with van der Waals surface area (Å²) in [7, 11) is 0. The lowest BCUT2D eigenvalue weighted by Gasteiger charge is -2.29. The molecule has 1 saturated carbocycles. The van der Waals surface area contributed by atoms with Crippen LogP contribution < -0.4 is 5.32 Å². The lowest BCUT2D eigenvalue weighted by molar-refractivity contribution is -0.121. The summed E-state index contributed by atoms with van der Waals surface area (Å²) in [5, 5.41) is 16.8. The number of pyridine rings is 1. The molecule has 1 aliphatic carbocycles. The zero-order valence-corrected chi connectivity index (χ0v) is 18.2. The molecule has 32 heavy (non-hydrogen) atoms. The normalized spacial score (nSPS) is 15.4. The van der Waals surface area contributed by atoms with Crippen molar-refractivity contribution in [3.05, 3.63) is 71.8 Å². The van der Waals surface area contributed by atoms with Crippen LogP contribution in [0.3, 0.4) is 0 Å². The molecule has 2 heterocycles. The van der Waals surface area contributed by atoms with Crippen LogP contribution in [0.1, 0.15) is 67.1 Å². The van der Waals surface area contributed by atoms with E-state index < -0.39 is 5.41 Å². The molecule has 3 aromatic rings. The number of aromatic nitrogens is 3. The molecule has 7 heteroatoms. The van der Waals surface area contributed by atoms with Crippen molar-refractivity contribution in [2.24, 2.45) is 0 Å². The number of hydrogen-bond acceptors (Lipinski definition) is 5. The Morgan fingerprint density at radius 3 is 2.44 bits per heavy atom. The number of carbonyl (C=O) groups excluding carboxylic acids is 2. The summed E-state index contributed by atoms with van der Waals surface area (Å²) in [6.45, 7) is 4.28. The number of anilines is 1. The molecule has 0 bridgehead atoms. The first-order valence-electron chi connectivity index (χ1n) is 10.8. The second-order valence-electron chi connectivity index (χ2n) is 8.54. The quantitative estimate of drug-likeness (QED) is 0.644. The summed E-state index contributed by atoms with van der Waals surface area (Å²) in [5.74, 6) is 0.352. The van der Waals surface area contributed by atoms with Crippen LogP contribution in [0.25, 0.3) is 5.69 Å². The summed E-state index contributed by atoms with van der Waals surface area (Å²) < 4.78 is 1.67. The van der Waals surface area contributed by atoms with Gasteiger partial charge in [0.25, 0.3) is 5.91 Å². The second kappa shape index (κ2) is 8.75. The van der Waals surface area contributed by atoms with E-state index in [1.807, 2.05) is 12.1 Å². The van der Waals surface area contributed by atoms with E-state index in [-0.39, 0.29) is 11.7 Å². The molecule has 0 atom stereocenters. The van der Waals surface area contributed by atoms with Crippen LogP contribution in [-0.4, -0.2) is 26.5 Å². The Labute approximate surface area is 187 Å². The van der Waals surface area contributed by atoms with E-state index in [1.54, 1.807) is 29.2 Å². The number of carbonyl (C=O) groups is 2. The van der Waals surface area contributed by atoms with Crippen molar-refractivity contribution in [3.63, 3.8) is 0 Å². The summed E-state index contributed by atoms with van der Waals surface area (Å²) in [4.78, 5) is 28.6. The Morgan fingerprint density at radius 1 is 1.12 bits per heavy atom. The molecule has 162 valence electrons. The van der Waals surface area contributed by atoms with Gasteiger partial charge in [-0.05, 0) is 48.6 Å². The first-order chi connectivity index (χ1) is 15.4. The zero-order valence-electron chi connectivity index (χ0n) is 18.2. The Kier molecular flexibility index (Phi) is 5.87. The van der Waals surface area contributed by atoms with Crippen molar-refractivity contribution >= 4 is 17.4 Å². The van der Waals surface area contributed by atoms with E-state index in [9.17, 15) is 14.9 Å². The molecule has 1 N–H and O–H groups in total. The standard InChI is InChI=1S/C25H25N5O2/c1-17(2)18-3-6-21(7-4-18)30-15-19(13-28-30)24(32)29-20-5-8-23(27-14-20)25(16-26)11-9-22(31)10-12-25/h3-8,13-15,17H,9-12H2,1-2H3,(H,29,32). The molecule has 1 aliphatic rings. The zero-order chi connectivity index (χ0) is 22.7. The Hall–Kier alpha value is -3.79. The molecular weight excluding hydrogens is 402 g/mol. The minimum Gasteiger partial charge on any atom is -0.320 e. The van der Waals surface area contributed by atoms with Crippen molar-refractivity contribution in [1.29, 1.82) is 5.26 Å². The Bertz CT molecular complexity index is 1160. The minimum absolute atomic E-state index is 0.191. The highest BCUT2D eigenvalue weighted by molar-refractivity contribution is 6.03. The monoisotopic (exact) mass is 427 g/mol. The van der Waals surface area contributed by atoms with Gasteiger partial charge in [-0.3, -0.25) is 14.6 Å². The third kappa shape index (κ3) is 4.30. The predicted molar refractivity (Wildman–Crippen MR) is 121 cm³/mol. The number of Topliss-reactive ketones (excluding diaryl/α,β-unsaturated/α-hetero) is 1. The fourth-order valence-corrected chi connectivity index (χ4v) is 3.93. The molecule has 1 fully saturated rings. The highest BCUT2D eigenvalue weighted by atomic mass is 16.1. The summed E-state index contributed by atoms with van der Waals surface area (Å²) in [6.07, 6.45) is 6.53. The first-order valence-corrected chi connectivity index (χ1v) is 10.8. The molecule has 2 aromatic heterocycles. The SMILES string of the molecule is CC(C)c1ccc(-n2cc(C(=O)Nc3ccc(C4(C#N)CCC(=O)CC4)nc3)cn2)cc1. The van der Waals surface area contributed by atoms with Gasteiger partial charge in [0.05, 0.1) is 41.1 Å². The van der Waals surface area contributed by atoms with Gasteiger partial charge in [0.2, 0.25) is 0 Å². The van der Waals surface area contributed by atoms with Crippen LogP contribution in [-0.2, 0) is 10.2 Å². The van der Waals surface area contributed by atoms with Crippen LogP contribution in [0.4, 0.5) is 5.69 Å². The fraction of sp³-hybridized carbons (Fsp3) is 0.320. The molecule has 0 spiro atoms. The predicted octanol–water partition coefficient (Wildman–Crippen LogP) is 4.55. The van der Waals surface area contributed by atoms with Gasteiger partial charge in [0.15, 0.2) is 0 Å². The van der Waals surface area contributed by atoms with Gasteiger partial charge in [0.1, 0.15) is 11.2 Å². The van der Waals surface area contributed by atoms with Crippen molar-refractivity contribution in [3.8, 4) is 11.8 Å². The van der Waals surface area contributed by atoms with E-state index in [1.165, 1.54) is 11.8 Å². The van der Waals surface area contributed by atoms with Crippen LogP contribution in [0.15, 0.2) is 55.0 Å². The fourth-order valence-electron chi connectivity index (χ4n) is 3.93. The van der Waals surface area contributed by atoms with Gasteiger partial charge in [-0.15, -0.1) is 0 Å². The Balaban J connectivity index is 1.44. The van der Waals surface area contributed by atoms with Gasteiger partial charge in [-0.1, -0.05) is 26.0 Å². The van der Waals surface area contributed by atoms with E-state index in [0.717, 1.165) is 5.69 Å². The second-order valence-corrected chi connectivity index (χ2v) is 8.54. The number of benzene rings is 1. The number of nitrogens with zero attached hydrogens (tertiary/aromatic N) is 4. The molecule has 0 radical (unpaired) electrons. The van der Waals surface area contributed by atoms with E-state index in [0.29, 0.717) is 48.5 Å². The van der Waals surface area contributed by atoms with Gasteiger partial charge >= 0.3 is 0 Å². The lowest BCUT2D eigenvalue weighted by atomic mass is 9.72. The third-order valence-electron chi connectivity index (χ3n) is 6.06. The van der Waals surface area contributed by atoms with Crippen molar-refractivity contribution in [1.82, 2.24) is 14.8 Å². The van der Waals surface area contributed by atoms with Crippen LogP contribution in [0, 0.1) is 11.3 Å². The van der Waals surface area contributed by atoms with Crippen molar-refractivity contribution in [2.45, 2.75) is 50.9 Å². The van der Waals surface area contributed by atoms with Gasteiger partial charge in [-0.25, -0.2) is 4.68 Å². The highest BCUT2D eigenvalue weighted by Crippen LogP contribution is 2.37. The molecule has 1 aromatic carbocycles. The topological polar surface area (TPSA) is 101 Å². The minimum atomic E-state index is -0.733. The van der Waals surface area contributed by atoms with Crippen LogP contribution >= 0.6 is 0 Å². The number of amides is 1. The van der Waals surface area contributed by atoms with E-state index >= 15 is 0 Å². The molecule has 7 nitrogen and oxygen atoms in total. The maximum Gasteiger partial charge on any atom is 0.258 e. The lowest BCUT2D eigenvalue weighted by Crippen LogP contribution is -2.31. The summed E-state index contributed by atoms with van der Waals surface area (Å²) in [5.41, 5.74) is 3.00. The molecule has 4 rings (SSSR count). The maximum atomic E-state index is 12.7. The number of nitrogens with one attached hydrogen (secondary N) is 1. The number of nitriles is 1. The summed E-state index contributed by atoms with van der Waals surface area (Å²) in [6, 6.07) is 13.9. The molecule has 1 amide bonds. The van der Waals surface area contributed by atoms with Gasteiger partial charge in [0, 0.05) is 19.0 Å². The van der Waals surface area contributed by atoms with Crippen molar-refractivity contribution < 1.29 is 9.59 Å². The summed E-state index contributed by atoms with van der Waals surface area (Å²) >= 11 is 0. The molecule has 0 saturated heterocycles. The average molecular weight is 428 g/mol. The third-order valence-corrected chi connectivity index (χ3v) is 6.06. The smallest absolute Gasteiger partial charge is 0.258 e. The molecule has 0 unspecified atom stereocenters. The van der Waals surface area contributed by atoms with Gasteiger partial charge < -0.3 is 5.32 Å². The van der Waals surface area contributed by atoms with Gasteiger partial charge in [-0.2, -0.15) is 10.4 Å². The number of ketones is 1. The largest absolute Gasteiger partial charge is 0.320 e. The Morgan fingerprint density at radius 2 is 1.84 bits per heavy atom. The van der Waals surface area contributed by atoms with Crippen molar-refractivity contribution in [2.75, 3.05) is 5.32 Å². The van der Waals surface area contributed by atoms with Crippen LogP contribution in [0.2, 0.25) is 0 Å². The molecular formula is C25H25N5O2. The van der Waals surface area contributed by atoms with E-state index in [4.69, 9.17) is 0 Å². The van der Waals surface area contributed by atoms with E-state index in [2.05, 4.69) is 47.4 Å².